The van der Waals surface area contributed by atoms with E-state index < -0.39 is 9.84 Å². The molecular formula is C15H22IN5O3S. The molecule has 8 nitrogen and oxygen atoms in total. The molecule has 0 saturated heterocycles. The average molecular weight is 479 g/mol. The molecule has 25 heavy (non-hydrogen) atoms. The lowest BCUT2D eigenvalue weighted by Crippen LogP contribution is -2.36. The predicted molar refractivity (Wildman–Crippen MR) is 106 cm³/mol. The van der Waals surface area contributed by atoms with Gasteiger partial charge < -0.3 is 15.2 Å². The normalized spacial score (nSPS) is 11.8. The Kier molecular flexibility index (Phi) is 7.80. The van der Waals surface area contributed by atoms with Crippen molar-refractivity contribution in [2.45, 2.75) is 31.8 Å². The molecule has 2 N–H and O–H groups in total. The number of sulfone groups is 1. The van der Waals surface area contributed by atoms with E-state index in [1.54, 1.807) is 33.0 Å². The SMILES string of the molecule is CN=C(NCc1ccc(S(C)(=O)=O)c(C)c1)NCc1nc(C)no1.I. The van der Waals surface area contributed by atoms with Crippen molar-refractivity contribution in [3.63, 3.8) is 0 Å². The van der Waals surface area contributed by atoms with Crippen LogP contribution in [0.15, 0.2) is 32.6 Å². The van der Waals surface area contributed by atoms with E-state index in [4.69, 9.17) is 4.52 Å². The minimum absolute atomic E-state index is 0. The highest BCUT2D eigenvalue weighted by molar-refractivity contribution is 14.0. The van der Waals surface area contributed by atoms with Crippen LogP contribution in [-0.2, 0) is 22.9 Å². The van der Waals surface area contributed by atoms with E-state index in [0.29, 0.717) is 35.7 Å². The van der Waals surface area contributed by atoms with Crippen molar-refractivity contribution in [3.05, 3.63) is 41.0 Å². The molecule has 10 heteroatoms. The Morgan fingerprint density at radius 3 is 2.44 bits per heavy atom. The number of hydrogen-bond acceptors (Lipinski definition) is 6. The molecule has 1 aromatic heterocycles. The van der Waals surface area contributed by atoms with E-state index in [2.05, 4.69) is 25.8 Å². The summed E-state index contributed by atoms with van der Waals surface area (Å²) in [6.45, 7) is 4.41. The second kappa shape index (κ2) is 9.13. The highest BCUT2D eigenvalue weighted by atomic mass is 127. The molecule has 0 spiro atoms. The first kappa shape index (κ1) is 21.4. The fraction of sp³-hybridized carbons (Fsp3) is 0.400. The van der Waals surface area contributed by atoms with Gasteiger partial charge in [-0.1, -0.05) is 17.3 Å². The Morgan fingerprint density at radius 1 is 1.24 bits per heavy atom. The topological polar surface area (TPSA) is 109 Å². The van der Waals surface area contributed by atoms with Crippen molar-refractivity contribution >= 4 is 39.8 Å². The maximum atomic E-state index is 11.6. The number of aromatic nitrogens is 2. The molecule has 1 heterocycles. The van der Waals surface area contributed by atoms with Gasteiger partial charge in [0.2, 0.25) is 5.89 Å². The van der Waals surface area contributed by atoms with Crippen LogP contribution >= 0.6 is 24.0 Å². The average Bonchev–Trinajstić information content (AvgIpc) is 2.92. The van der Waals surface area contributed by atoms with Gasteiger partial charge in [-0.3, -0.25) is 4.99 Å². The van der Waals surface area contributed by atoms with E-state index in [1.807, 2.05) is 6.07 Å². The Morgan fingerprint density at radius 2 is 1.92 bits per heavy atom. The molecule has 0 atom stereocenters. The van der Waals surface area contributed by atoms with Crippen LogP contribution in [0.3, 0.4) is 0 Å². The number of guanidine groups is 1. The summed E-state index contributed by atoms with van der Waals surface area (Å²) in [6.07, 6.45) is 1.21. The van der Waals surface area contributed by atoms with Gasteiger partial charge in [0.15, 0.2) is 21.6 Å². The van der Waals surface area contributed by atoms with Crippen LogP contribution in [-0.4, -0.2) is 37.8 Å². The van der Waals surface area contributed by atoms with E-state index >= 15 is 0 Å². The lowest BCUT2D eigenvalue weighted by molar-refractivity contribution is 0.371. The molecule has 0 fully saturated rings. The van der Waals surface area contributed by atoms with Gasteiger partial charge in [-0.25, -0.2) is 8.42 Å². The van der Waals surface area contributed by atoms with Gasteiger partial charge in [-0.2, -0.15) is 4.98 Å². The number of aliphatic imine (C=N–C) groups is 1. The Labute approximate surface area is 164 Å². The third kappa shape index (κ3) is 6.27. The van der Waals surface area contributed by atoms with Crippen molar-refractivity contribution in [3.8, 4) is 0 Å². The smallest absolute Gasteiger partial charge is 0.246 e. The van der Waals surface area contributed by atoms with Crippen LogP contribution in [0.4, 0.5) is 0 Å². The molecular weight excluding hydrogens is 457 g/mol. The summed E-state index contributed by atoms with van der Waals surface area (Å²) in [5.74, 6) is 1.63. The lowest BCUT2D eigenvalue weighted by Gasteiger charge is -2.12. The molecule has 0 saturated carbocycles. The van der Waals surface area contributed by atoms with Gasteiger partial charge in [-0.15, -0.1) is 24.0 Å². The van der Waals surface area contributed by atoms with Crippen LogP contribution in [0.25, 0.3) is 0 Å². The van der Waals surface area contributed by atoms with E-state index in [9.17, 15) is 8.42 Å². The fourth-order valence-corrected chi connectivity index (χ4v) is 3.17. The summed E-state index contributed by atoms with van der Waals surface area (Å²) in [5.41, 5.74) is 1.68. The summed E-state index contributed by atoms with van der Waals surface area (Å²) in [4.78, 5) is 8.56. The molecule has 0 aliphatic heterocycles. The maximum Gasteiger partial charge on any atom is 0.246 e. The predicted octanol–water partition coefficient (Wildman–Crippen LogP) is 1.57. The van der Waals surface area contributed by atoms with Gasteiger partial charge in [0.1, 0.15) is 0 Å². The van der Waals surface area contributed by atoms with Crippen LogP contribution < -0.4 is 10.6 Å². The van der Waals surface area contributed by atoms with E-state index in [0.717, 1.165) is 11.1 Å². The largest absolute Gasteiger partial charge is 0.352 e. The molecule has 0 radical (unpaired) electrons. The Bertz CT molecular complexity index is 849. The lowest BCUT2D eigenvalue weighted by atomic mass is 10.1. The molecule has 1 aromatic carbocycles. The number of halogens is 1. The van der Waals surface area contributed by atoms with Crippen molar-refractivity contribution in [2.75, 3.05) is 13.3 Å². The molecule has 2 aromatic rings. The van der Waals surface area contributed by atoms with Crippen molar-refractivity contribution in [1.29, 1.82) is 0 Å². The zero-order valence-electron chi connectivity index (χ0n) is 14.5. The van der Waals surface area contributed by atoms with Crippen LogP contribution in [0.1, 0.15) is 22.8 Å². The van der Waals surface area contributed by atoms with E-state index in [-0.39, 0.29) is 24.0 Å². The third-order valence-electron chi connectivity index (χ3n) is 3.30. The van der Waals surface area contributed by atoms with Crippen molar-refractivity contribution < 1.29 is 12.9 Å². The fourth-order valence-electron chi connectivity index (χ4n) is 2.22. The molecule has 2 rings (SSSR count). The third-order valence-corrected chi connectivity index (χ3v) is 4.56. The maximum absolute atomic E-state index is 11.6. The summed E-state index contributed by atoms with van der Waals surface area (Å²) >= 11 is 0. The quantitative estimate of drug-likeness (QED) is 0.381. The van der Waals surface area contributed by atoms with Crippen molar-refractivity contribution in [1.82, 2.24) is 20.8 Å². The minimum atomic E-state index is -3.20. The van der Waals surface area contributed by atoms with E-state index in [1.165, 1.54) is 6.26 Å². The van der Waals surface area contributed by atoms with Gasteiger partial charge in [0.05, 0.1) is 11.4 Å². The molecule has 0 unspecified atom stereocenters. The van der Waals surface area contributed by atoms with Gasteiger partial charge >= 0.3 is 0 Å². The molecule has 0 amide bonds. The number of nitrogens with zero attached hydrogens (tertiary/aromatic N) is 3. The summed E-state index contributed by atoms with van der Waals surface area (Å²) in [7, 11) is -1.54. The summed E-state index contributed by atoms with van der Waals surface area (Å²) in [6, 6.07) is 5.25. The zero-order valence-corrected chi connectivity index (χ0v) is 17.7. The number of aryl methyl sites for hydroxylation is 2. The first-order valence-electron chi connectivity index (χ1n) is 7.33. The van der Waals surface area contributed by atoms with Crippen LogP contribution in [0.2, 0.25) is 0 Å². The standard InChI is InChI=1S/C15H21N5O3S.HI/c1-10-7-12(5-6-13(10)24(4,21)22)8-17-15(16-3)18-9-14-19-11(2)20-23-14;/h5-7H,8-9H2,1-4H3,(H2,16,17,18);1H. The number of benzene rings is 1. The molecule has 0 aliphatic carbocycles. The van der Waals surface area contributed by atoms with Crippen molar-refractivity contribution in [2.24, 2.45) is 4.99 Å². The Hall–Kier alpha value is -1.69. The number of nitrogens with one attached hydrogen (secondary N) is 2. The molecule has 0 bridgehead atoms. The van der Waals surface area contributed by atoms with Crippen LogP contribution in [0, 0.1) is 13.8 Å². The molecule has 138 valence electrons. The van der Waals surface area contributed by atoms with Gasteiger partial charge in [0, 0.05) is 19.8 Å². The minimum Gasteiger partial charge on any atom is -0.352 e. The van der Waals surface area contributed by atoms with Gasteiger partial charge in [0.25, 0.3) is 0 Å². The highest BCUT2D eigenvalue weighted by Gasteiger charge is 2.11. The monoisotopic (exact) mass is 479 g/mol. The Balaban J connectivity index is 0.00000312. The zero-order chi connectivity index (χ0) is 17.7. The second-order valence-electron chi connectivity index (χ2n) is 5.39. The second-order valence-corrected chi connectivity index (χ2v) is 7.37. The first-order chi connectivity index (χ1) is 11.3. The number of hydrogen-bond donors (Lipinski definition) is 2. The first-order valence-corrected chi connectivity index (χ1v) is 9.22. The summed E-state index contributed by atoms with van der Waals surface area (Å²) < 4.78 is 28.3. The summed E-state index contributed by atoms with van der Waals surface area (Å²) in [5, 5.41) is 9.93. The van der Waals surface area contributed by atoms with Crippen LogP contribution in [0.5, 0.6) is 0 Å². The highest BCUT2D eigenvalue weighted by Crippen LogP contribution is 2.16. The number of rotatable bonds is 5. The van der Waals surface area contributed by atoms with Gasteiger partial charge in [-0.05, 0) is 31.0 Å². The molecule has 0 aliphatic rings.